The third-order valence-corrected chi connectivity index (χ3v) is 3.96. The molecule has 0 spiro atoms. The zero-order valence-corrected chi connectivity index (χ0v) is 14.0. The van der Waals surface area contributed by atoms with Crippen LogP contribution < -0.4 is 9.47 Å². The van der Waals surface area contributed by atoms with Crippen LogP contribution in [0.1, 0.15) is 5.69 Å². The van der Waals surface area contributed by atoms with Crippen LogP contribution in [0.15, 0.2) is 48.5 Å². The largest absolute Gasteiger partial charge is 0.496 e. The molecule has 0 aliphatic carbocycles. The number of aromatic nitrogens is 3. The SMILES string of the molecule is COc1ccc(Oc2nc3cc(C)nn3c3ccccc23)c([N+](=O)[O-])c1. The first-order valence-corrected chi connectivity index (χ1v) is 7.82. The number of para-hydroxylation sites is 1. The number of fused-ring (bicyclic) bond motifs is 3. The average Bonchev–Trinajstić information content (AvgIpc) is 3.02. The molecule has 0 aliphatic heterocycles. The highest BCUT2D eigenvalue weighted by Crippen LogP contribution is 2.36. The van der Waals surface area contributed by atoms with E-state index in [0.29, 0.717) is 16.8 Å². The van der Waals surface area contributed by atoms with Crippen LogP contribution in [-0.4, -0.2) is 26.6 Å². The number of nitro benzene ring substituents is 1. The molecule has 4 aromatic rings. The van der Waals surface area contributed by atoms with Gasteiger partial charge in [0.2, 0.25) is 11.6 Å². The number of rotatable bonds is 4. The molecule has 0 atom stereocenters. The third kappa shape index (κ3) is 2.57. The Morgan fingerprint density at radius 1 is 1.15 bits per heavy atom. The first kappa shape index (κ1) is 15.8. The summed E-state index contributed by atoms with van der Waals surface area (Å²) in [6.45, 7) is 1.87. The van der Waals surface area contributed by atoms with E-state index in [9.17, 15) is 10.1 Å². The minimum Gasteiger partial charge on any atom is -0.496 e. The van der Waals surface area contributed by atoms with E-state index in [-0.39, 0.29) is 17.3 Å². The normalized spacial score (nSPS) is 11.0. The Balaban J connectivity index is 1.91. The second-order valence-electron chi connectivity index (χ2n) is 5.68. The van der Waals surface area contributed by atoms with Gasteiger partial charge in [-0.25, -0.2) is 4.52 Å². The summed E-state index contributed by atoms with van der Waals surface area (Å²) in [4.78, 5) is 15.4. The molecule has 0 N–H and O–H groups in total. The maximum absolute atomic E-state index is 11.4. The van der Waals surface area contributed by atoms with Gasteiger partial charge in [-0.15, -0.1) is 0 Å². The number of ether oxygens (including phenoxy) is 2. The lowest BCUT2D eigenvalue weighted by molar-refractivity contribution is -0.385. The molecule has 0 aliphatic rings. The number of methoxy groups -OCH3 is 1. The Bertz CT molecular complexity index is 1150. The fourth-order valence-electron chi connectivity index (χ4n) is 2.78. The van der Waals surface area contributed by atoms with Gasteiger partial charge >= 0.3 is 5.69 Å². The van der Waals surface area contributed by atoms with Crippen molar-refractivity contribution in [1.29, 1.82) is 0 Å². The molecule has 0 amide bonds. The molecule has 0 fully saturated rings. The molecule has 2 heterocycles. The summed E-state index contributed by atoms with van der Waals surface area (Å²) >= 11 is 0. The van der Waals surface area contributed by atoms with Crippen molar-refractivity contribution in [2.24, 2.45) is 0 Å². The summed E-state index contributed by atoms with van der Waals surface area (Å²) in [5, 5.41) is 16.5. The van der Waals surface area contributed by atoms with Crippen LogP contribution in [0.5, 0.6) is 17.4 Å². The lowest BCUT2D eigenvalue weighted by atomic mass is 10.2. The summed E-state index contributed by atoms with van der Waals surface area (Å²) in [6, 6.07) is 13.7. The number of aryl methyl sites for hydroxylation is 1. The molecule has 0 saturated carbocycles. The Kier molecular flexibility index (Phi) is 3.65. The zero-order chi connectivity index (χ0) is 18.3. The maximum Gasteiger partial charge on any atom is 0.315 e. The van der Waals surface area contributed by atoms with E-state index in [0.717, 1.165) is 11.2 Å². The lowest BCUT2D eigenvalue weighted by Crippen LogP contribution is -1.99. The van der Waals surface area contributed by atoms with Crippen molar-refractivity contribution >= 4 is 22.2 Å². The molecule has 0 unspecified atom stereocenters. The van der Waals surface area contributed by atoms with Gasteiger partial charge in [0.05, 0.1) is 34.7 Å². The molecule has 0 radical (unpaired) electrons. The molecule has 2 aromatic heterocycles. The smallest absolute Gasteiger partial charge is 0.315 e. The summed E-state index contributed by atoms with van der Waals surface area (Å²) in [6.07, 6.45) is 0. The highest BCUT2D eigenvalue weighted by atomic mass is 16.6. The lowest BCUT2D eigenvalue weighted by Gasteiger charge is -2.10. The standard InChI is InChI=1S/C18H14N4O4/c1-11-9-17-19-18(13-5-3-4-6-14(13)21(17)20-11)26-16-8-7-12(25-2)10-15(16)22(23)24/h3-10H,1-2H3. The van der Waals surface area contributed by atoms with Crippen molar-refractivity contribution in [2.75, 3.05) is 7.11 Å². The van der Waals surface area contributed by atoms with Crippen molar-refractivity contribution in [2.45, 2.75) is 6.92 Å². The molecule has 0 saturated heterocycles. The Morgan fingerprint density at radius 2 is 1.96 bits per heavy atom. The minimum absolute atomic E-state index is 0.0917. The number of nitro groups is 1. The first-order valence-electron chi connectivity index (χ1n) is 7.82. The van der Waals surface area contributed by atoms with Gasteiger partial charge in [0.15, 0.2) is 5.65 Å². The summed E-state index contributed by atoms with van der Waals surface area (Å²) < 4.78 is 12.6. The average molecular weight is 350 g/mol. The molecule has 26 heavy (non-hydrogen) atoms. The van der Waals surface area contributed by atoms with E-state index < -0.39 is 4.92 Å². The minimum atomic E-state index is -0.512. The second kappa shape index (κ2) is 5.99. The molecule has 8 heteroatoms. The molecular weight excluding hydrogens is 336 g/mol. The highest BCUT2D eigenvalue weighted by molar-refractivity contribution is 5.86. The zero-order valence-electron chi connectivity index (χ0n) is 14.0. The van der Waals surface area contributed by atoms with Crippen LogP contribution in [-0.2, 0) is 0 Å². The van der Waals surface area contributed by atoms with Crippen LogP contribution in [0.3, 0.4) is 0 Å². The van der Waals surface area contributed by atoms with Crippen LogP contribution in [0.25, 0.3) is 16.6 Å². The van der Waals surface area contributed by atoms with Gasteiger partial charge in [0, 0.05) is 6.07 Å². The van der Waals surface area contributed by atoms with Crippen LogP contribution in [0.2, 0.25) is 0 Å². The van der Waals surface area contributed by atoms with E-state index in [1.807, 2.05) is 37.3 Å². The number of hydrogen-bond acceptors (Lipinski definition) is 6. The van der Waals surface area contributed by atoms with E-state index in [4.69, 9.17) is 9.47 Å². The predicted octanol–water partition coefficient (Wildman–Crippen LogP) is 3.90. The van der Waals surface area contributed by atoms with E-state index in [2.05, 4.69) is 10.1 Å². The van der Waals surface area contributed by atoms with Crippen molar-refractivity contribution in [1.82, 2.24) is 14.6 Å². The molecule has 2 aromatic carbocycles. The quantitative estimate of drug-likeness (QED) is 0.409. The second-order valence-corrected chi connectivity index (χ2v) is 5.68. The van der Waals surface area contributed by atoms with Gasteiger partial charge < -0.3 is 9.47 Å². The molecular formula is C18H14N4O4. The van der Waals surface area contributed by atoms with Gasteiger partial charge in [-0.05, 0) is 31.2 Å². The molecule has 8 nitrogen and oxygen atoms in total. The molecule has 4 rings (SSSR count). The van der Waals surface area contributed by atoms with Crippen molar-refractivity contribution in [3.63, 3.8) is 0 Å². The van der Waals surface area contributed by atoms with Gasteiger partial charge in [-0.1, -0.05) is 12.1 Å². The fraction of sp³-hybridized carbons (Fsp3) is 0.111. The van der Waals surface area contributed by atoms with Gasteiger partial charge in [0.1, 0.15) is 5.75 Å². The van der Waals surface area contributed by atoms with E-state index >= 15 is 0 Å². The Labute approximate surface area is 147 Å². The summed E-state index contributed by atoms with van der Waals surface area (Å²) in [5.41, 5.74) is 2.03. The van der Waals surface area contributed by atoms with Crippen molar-refractivity contribution < 1.29 is 14.4 Å². The predicted molar refractivity (Wildman–Crippen MR) is 95.0 cm³/mol. The van der Waals surface area contributed by atoms with Crippen molar-refractivity contribution in [3.8, 4) is 17.4 Å². The first-order chi connectivity index (χ1) is 12.6. The Hall–Kier alpha value is -3.68. The van der Waals surface area contributed by atoms with Crippen LogP contribution in [0, 0.1) is 17.0 Å². The number of nitrogens with zero attached hydrogens (tertiary/aromatic N) is 4. The topological polar surface area (TPSA) is 91.8 Å². The molecule has 0 bridgehead atoms. The van der Waals surface area contributed by atoms with Gasteiger partial charge in [0.25, 0.3) is 0 Å². The number of hydrogen-bond donors (Lipinski definition) is 0. The fourth-order valence-corrected chi connectivity index (χ4v) is 2.78. The number of benzene rings is 2. The monoisotopic (exact) mass is 350 g/mol. The maximum atomic E-state index is 11.4. The van der Waals surface area contributed by atoms with Crippen molar-refractivity contribution in [3.05, 3.63) is 64.3 Å². The highest BCUT2D eigenvalue weighted by Gasteiger charge is 2.20. The van der Waals surface area contributed by atoms with Gasteiger partial charge in [-0.2, -0.15) is 10.1 Å². The Morgan fingerprint density at radius 3 is 2.73 bits per heavy atom. The third-order valence-electron chi connectivity index (χ3n) is 3.96. The van der Waals surface area contributed by atoms with Crippen LogP contribution >= 0.6 is 0 Å². The van der Waals surface area contributed by atoms with Gasteiger partial charge in [-0.3, -0.25) is 10.1 Å². The summed E-state index contributed by atoms with van der Waals surface area (Å²) in [7, 11) is 1.45. The summed E-state index contributed by atoms with van der Waals surface area (Å²) in [5.74, 6) is 0.749. The van der Waals surface area contributed by atoms with E-state index in [1.54, 1.807) is 10.6 Å². The van der Waals surface area contributed by atoms with Crippen LogP contribution in [0.4, 0.5) is 5.69 Å². The van der Waals surface area contributed by atoms with E-state index in [1.165, 1.54) is 19.2 Å². The molecule has 130 valence electrons.